The maximum Gasteiger partial charge on any atom is 0.266 e. The summed E-state index contributed by atoms with van der Waals surface area (Å²) in [4.78, 5) is -0.0487. The zero-order valence-electron chi connectivity index (χ0n) is 8.98. The average molecular weight is 344 g/mol. The van der Waals surface area contributed by atoms with Gasteiger partial charge in [-0.25, -0.2) is 8.42 Å². The fourth-order valence-corrected chi connectivity index (χ4v) is 5.18. The van der Waals surface area contributed by atoms with Gasteiger partial charge in [0.15, 0.2) is 0 Å². The fraction of sp³-hybridized carbons (Fsp3) is 0.250. The zero-order chi connectivity index (χ0) is 13.3. The molecular weight excluding hydrogens is 337 g/mol. The number of nitrogens with zero attached hydrogens (tertiary/aromatic N) is 2. The van der Waals surface area contributed by atoms with Crippen molar-refractivity contribution in [2.24, 2.45) is 0 Å². The molecule has 98 valence electrons. The van der Waals surface area contributed by atoms with E-state index in [2.05, 4.69) is 14.9 Å². The van der Waals surface area contributed by atoms with Gasteiger partial charge in [0.25, 0.3) is 10.0 Å². The Morgan fingerprint density at radius 3 is 2.56 bits per heavy atom. The number of rotatable bonds is 4. The van der Waals surface area contributed by atoms with E-state index in [-0.39, 0.29) is 14.4 Å². The Balaban J connectivity index is 2.29. The number of aryl methyl sites for hydroxylation is 1. The number of hydrogen-bond acceptors (Lipinski definition) is 6. The van der Waals surface area contributed by atoms with Crippen molar-refractivity contribution in [1.82, 2.24) is 10.2 Å². The second-order valence-corrected chi connectivity index (χ2v) is 8.15. The molecule has 2 aromatic rings. The summed E-state index contributed by atoms with van der Waals surface area (Å²) in [5, 5.41) is 8.53. The van der Waals surface area contributed by atoms with Gasteiger partial charge in [-0.15, -0.1) is 21.5 Å². The second-order valence-electron chi connectivity index (χ2n) is 3.15. The van der Waals surface area contributed by atoms with Gasteiger partial charge >= 0.3 is 0 Å². The second kappa shape index (κ2) is 5.30. The van der Waals surface area contributed by atoms with Crippen molar-refractivity contribution in [3.8, 4) is 0 Å². The summed E-state index contributed by atoms with van der Waals surface area (Å²) < 4.78 is 26.8. The van der Waals surface area contributed by atoms with Gasteiger partial charge in [0.2, 0.25) is 5.13 Å². The lowest BCUT2D eigenvalue weighted by Crippen LogP contribution is -2.12. The summed E-state index contributed by atoms with van der Waals surface area (Å²) in [6, 6.07) is 1.30. The van der Waals surface area contributed by atoms with Gasteiger partial charge in [-0.05, 0) is 12.5 Å². The van der Waals surface area contributed by atoms with E-state index in [4.69, 9.17) is 23.2 Å². The standard InChI is InChI=1S/C8H7Cl2N3O2S3/c1-2-6-11-12-8(17-6)13-18(14,15)4-3-5(9)16-7(4)10/h3H,2H2,1H3,(H,12,13). The van der Waals surface area contributed by atoms with Crippen molar-refractivity contribution in [3.05, 3.63) is 19.7 Å². The van der Waals surface area contributed by atoms with Gasteiger partial charge in [0.1, 0.15) is 14.2 Å². The number of thiophene rings is 1. The summed E-state index contributed by atoms with van der Waals surface area (Å²) in [6.45, 7) is 1.91. The van der Waals surface area contributed by atoms with Gasteiger partial charge in [0.05, 0.1) is 4.34 Å². The number of aromatic nitrogens is 2. The van der Waals surface area contributed by atoms with Crippen LogP contribution in [0.15, 0.2) is 11.0 Å². The number of hydrogen-bond donors (Lipinski definition) is 1. The maximum atomic E-state index is 12.0. The summed E-state index contributed by atoms with van der Waals surface area (Å²) in [6.07, 6.45) is 0.699. The molecule has 2 heterocycles. The van der Waals surface area contributed by atoms with Crippen LogP contribution in [-0.2, 0) is 16.4 Å². The maximum absolute atomic E-state index is 12.0. The molecule has 18 heavy (non-hydrogen) atoms. The lowest BCUT2D eigenvalue weighted by Gasteiger charge is -2.02. The van der Waals surface area contributed by atoms with Crippen LogP contribution < -0.4 is 4.72 Å². The molecule has 5 nitrogen and oxygen atoms in total. The van der Waals surface area contributed by atoms with Gasteiger partial charge < -0.3 is 0 Å². The number of anilines is 1. The monoisotopic (exact) mass is 343 g/mol. The molecule has 2 aromatic heterocycles. The van der Waals surface area contributed by atoms with E-state index in [0.717, 1.165) is 16.3 Å². The zero-order valence-corrected chi connectivity index (χ0v) is 12.9. The quantitative estimate of drug-likeness (QED) is 0.924. The van der Waals surface area contributed by atoms with Crippen LogP contribution in [0.1, 0.15) is 11.9 Å². The molecule has 0 radical (unpaired) electrons. The van der Waals surface area contributed by atoms with Crippen molar-refractivity contribution in [1.29, 1.82) is 0 Å². The highest BCUT2D eigenvalue weighted by molar-refractivity contribution is 7.93. The molecule has 0 amide bonds. The van der Waals surface area contributed by atoms with Gasteiger partial charge in [-0.2, -0.15) is 0 Å². The van der Waals surface area contributed by atoms with E-state index in [1.807, 2.05) is 6.92 Å². The van der Waals surface area contributed by atoms with E-state index < -0.39 is 10.0 Å². The Labute approximate surface area is 122 Å². The first-order valence-corrected chi connectivity index (χ1v) is 8.59. The van der Waals surface area contributed by atoms with E-state index in [0.29, 0.717) is 10.8 Å². The Kier molecular flexibility index (Phi) is 4.12. The Morgan fingerprint density at radius 1 is 1.33 bits per heavy atom. The predicted octanol–water partition coefficient (Wildman–Crippen LogP) is 3.27. The van der Waals surface area contributed by atoms with Crippen LogP contribution in [0.4, 0.5) is 5.13 Å². The minimum Gasteiger partial charge on any atom is -0.253 e. The van der Waals surface area contributed by atoms with Crippen LogP contribution >= 0.6 is 45.9 Å². The SMILES string of the molecule is CCc1nnc(NS(=O)(=O)c2cc(Cl)sc2Cl)s1. The number of nitrogens with one attached hydrogen (secondary N) is 1. The summed E-state index contributed by atoms with van der Waals surface area (Å²) >= 11 is 13.7. The number of sulfonamides is 1. The average Bonchev–Trinajstić information content (AvgIpc) is 2.84. The third-order valence-electron chi connectivity index (χ3n) is 1.91. The third kappa shape index (κ3) is 2.94. The Hall–Kier alpha value is -0.410. The van der Waals surface area contributed by atoms with Crippen molar-refractivity contribution in [3.63, 3.8) is 0 Å². The normalized spacial score (nSPS) is 11.7. The van der Waals surface area contributed by atoms with Crippen LogP contribution in [0, 0.1) is 0 Å². The molecule has 0 saturated carbocycles. The summed E-state index contributed by atoms with van der Waals surface area (Å²) in [5.74, 6) is 0. The lowest BCUT2D eigenvalue weighted by atomic mass is 10.5. The Bertz CT molecular complexity index is 665. The van der Waals surface area contributed by atoms with E-state index in [9.17, 15) is 8.42 Å². The van der Waals surface area contributed by atoms with E-state index in [1.165, 1.54) is 17.4 Å². The minimum absolute atomic E-state index is 0.0487. The highest BCUT2D eigenvalue weighted by Gasteiger charge is 2.22. The minimum atomic E-state index is -3.77. The first-order valence-electron chi connectivity index (χ1n) is 4.72. The summed E-state index contributed by atoms with van der Waals surface area (Å²) in [5.41, 5.74) is 0. The molecular formula is C8H7Cl2N3O2S3. The lowest BCUT2D eigenvalue weighted by molar-refractivity contribution is 0.601. The van der Waals surface area contributed by atoms with E-state index >= 15 is 0 Å². The molecule has 0 fully saturated rings. The number of halogens is 2. The van der Waals surface area contributed by atoms with Crippen LogP contribution in [0.5, 0.6) is 0 Å². The van der Waals surface area contributed by atoms with Crippen LogP contribution in [-0.4, -0.2) is 18.6 Å². The molecule has 0 spiro atoms. The van der Waals surface area contributed by atoms with Gasteiger partial charge in [-0.3, -0.25) is 4.72 Å². The Morgan fingerprint density at radius 2 is 2.06 bits per heavy atom. The topological polar surface area (TPSA) is 72.0 Å². The molecule has 0 bridgehead atoms. The van der Waals surface area contributed by atoms with Gasteiger partial charge in [-0.1, -0.05) is 41.5 Å². The largest absolute Gasteiger partial charge is 0.266 e. The molecule has 0 unspecified atom stereocenters. The molecule has 0 aliphatic rings. The molecule has 0 aliphatic heterocycles. The molecule has 0 aromatic carbocycles. The van der Waals surface area contributed by atoms with Crippen molar-refractivity contribution in [2.45, 2.75) is 18.2 Å². The smallest absolute Gasteiger partial charge is 0.253 e. The highest BCUT2D eigenvalue weighted by Crippen LogP contribution is 2.35. The van der Waals surface area contributed by atoms with Crippen molar-refractivity contribution >= 4 is 61.0 Å². The molecule has 1 N–H and O–H groups in total. The first kappa shape index (κ1) is 14.0. The third-order valence-corrected chi connectivity index (χ3v) is 6.11. The predicted molar refractivity (Wildman–Crippen MR) is 74.4 cm³/mol. The molecule has 0 atom stereocenters. The molecule has 10 heteroatoms. The van der Waals surface area contributed by atoms with Crippen LogP contribution in [0.3, 0.4) is 0 Å². The van der Waals surface area contributed by atoms with Gasteiger partial charge in [0, 0.05) is 0 Å². The molecule has 2 rings (SSSR count). The molecule has 0 aliphatic carbocycles. The molecule has 0 saturated heterocycles. The van der Waals surface area contributed by atoms with Crippen molar-refractivity contribution in [2.75, 3.05) is 4.72 Å². The summed E-state index contributed by atoms with van der Waals surface area (Å²) in [7, 11) is -3.77. The highest BCUT2D eigenvalue weighted by atomic mass is 35.5. The first-order chi connectivity index (χ1) is 8.42. The van der Waals surface area contributed by atoms with Crippen LogP contribution in [0.25, 0.3) is 0 Å². The van der Waals surface area contributed by atoms with E-state index in [1.54, 1.807) is 0 Å². The van der Waals surface area contributed by atoms with Crippen molar-refractivity contribution < 1.29 is 8.42 Å². The van der Waals surface area contributed by atoms with Crippen LogP contribution in [0.2, 0.25) is 8.67 Å². The fourth-order valence-electron chi connectivity index (χ4n) is 1.12.